The van der Waals surface area contributed by atoms with Gasteiger partial charge in [0.2, 0.25) is 0 Å². The first kappa shape index (κ1) is 23.5. The maximum absolute atomic E-state index is 13.5. The summed E-state index contributed by atoms with van der Waals surface area (Å²) in [5.41, 5.74) is 5.73. The Morgan fingerprint density at radius 1 is 1.06 bits per heavy atom. The molecule has 178 valence electrons. The van der Waals surface area contributed by atoms with E-state index in [1.54, 1.807) is 24.3 Å². The zero-order valence-corrected chi connectivity index (χ0v) is 18.7. The number of sulfone groups is 1. The minimum Gasteiger partial charge on any atom is -0.384 e. The number of halogens is 3. The second kappa shape index (κ2) is 8.28. The highest BCUT2D eigenvalue weighted by Crippen LogP contribution is 2.56. The molecule has 0 aliphatic heterocycles. The van der Waals surface area contributed by atoms with E-state index in [4.69, 9.17) is 5.73 Å². The minimum atomic E-state index is -4.83. The third-order valence-electron chi connectivity index (χ3n) is 5.54. The summed E-state index contributed by atoms with van der Waals surface area (Å²) in [5.74, 6) is 0.102. The van der Waals surface area contributed by atoms with Gasteiger partial charge in [0.05, 0.1) is 16.2 Å². The van der Waals surface area contributed by atoms with Crippen molar-refractivity contribution in [3.05, 3.63) is 65.9 Å². The quantitative estimate of drug-likeness (QED) is 0.496. The molecule has 34 heavy (non-hydrogen) atoms. The lowest BCUT2D eigenvalue weighted by atomic mass is 10.1. The van der Waals surface area contributed by atoms with Crippen molar-refractivity contribution in [3.63, 3.8) is 0 Å². The third kappa shape index (κ3) is 4.16. The molecule has 8 nitrogen and oxygen atoms in total. The molecule has 1 fully saturated rings. The van der Waals surface area contributed by atoms with Gasteiger partial charge in [0.15, 0.2) is 15.7 Å². The van der Waals surface area contributed by atoms with Crippen LogP contribution in [-0.4, -0.2) is 31.5 Å². The molecule has 0 radical (unpaired) electrons. The zero-order chi connectivity index (χ0) is 24.7. The number of aromatic nitrogens is 2. The average Bonchev–Trinajstić information content (AvgIpc) is 3.61. The standard InChI is InChI=1S/C22H20F3N5O3S/c1-27-20(31)28-14-8-6-13(7-9-14)19-29-17(12-18(26)30-19)21(10-11-21)34(32,33)16-5-3-2-4-15(16)22(23,24)25/h2-9,12H,10-11H2,1H3,(H2,26,29,30)(H2,27,28,31). The molecular formula is C22H20F3N5O3S. The van der Waals surface area contributed by atoms with E-state index in [0.29, 0.717) is 11.3 Å². The Morgan fingerprint density at radius 2 is 1.71 bits per heavy atom. The number of hydrogen-bond donors (Lipinski definition) is 3. The number of hydrogen-bond acceptors (Lipinski definition) is 6. The van der Waals surface area contributed by atoms with E-state index in [-0.39, 0.29) is 30.2 Å². The number of anilines is 2. The summed E-state index contributed by atoms with van der Waals surface area (Å²) in [7, 11) is -2.98. The van der Waals surface area contributed by atoms with Gasteiger partial charge in [0.25, 0.3) is 0 Å². The summed E-state index contributed by atoms with van der Waals surface area (Å²) in [6.07, 6.45) is -4.63. The largest absolute Gasteiger partial charge is 0.417 e. The van der Waals surface area contributed by atoms with E-state index in [1.807, 2.05) is 0 Å². The predicted molar refractivity (Wildman–Crippen MR) is 120 cm³/mol. The average molecular weight is 491 g/mol. The van der Waals surface area contributed by atoms with Gasteiger partial charge in [-0.2, -0.15) is 13.2 Å². The van der Waals surface area contributed by atoms with E-state index in [2.05, 4.69) is 20.6 Å². The number of rotatable bonds is 5. The van der Waals surface area contributed by atoms with Gasteiger partial charge in [-0.3, -0.25) is 0 Å². The van der Waals surface area contributed by atoms with E-state index in [9.17, 15) is 26.4 Å². The molecule has 0 bridgehead atoms. The molecule has 0 spiro atoms. The van der Waals surface area contributed by atoms with Crippen LogP contribution in [0.2, 0.25) is 0 Å². The number of nitrogens with zero attached hydrogens (tertiary/aromatic N) is 2. The van der Waals surface area contributed by atoms with Gasteiger partial charge in [-0.15, -0.1) is 0 Å². The smallest absolute Gasteiger partial charge is 0.384 e. The van der Waals surface area contributed by atoms with Crippen molar-refractivity contribution < 1.29 is 26.4 Å². The Balaban J connectivity index is 1.75. The first-order chi connectivity index (χ1) is 16.0. The fourth-order valence-electron chi connectivity index (χ4n) is 3.65. The second-order valence-electron chi connectivity index (χ2n) is 7.77. The van der Waals surface area contributed by atoms with Gasteiger partial charge in [-0.1, -0.05) is 12.1 Å². The molecule has 4 N–H and O–H groups in total. The highest BCUT2D eigenvalue weighted by Gasteiger charge is 2.59. The van der Waals surface area contributed by atoms with E-state index in [1.165, 1.54) is 19.2 Å². The first-order valence-corrected chi connectivity index (χ1v) is 11.6. The maximum atomic E-state index is 13.5. The van der Waals surface area contributed by atoms with Crippen LogP contribution in [0.5, 0.6) is 0 Å². The Bertz CT molecular complexity index is 1350. The van der Waals surface area contributed by atoms with Crippen molar-refractivity contribution in [2.45, 2.75) is 28.7 Å². The highest BCUT2D eigenvalue weighted by atomic mass is 32.2. The number of nitrogens with two attached hydrogens (primary N) is 1. The summed E-state index contributed by atoms with van der Waals surface area (Å²) in [5, 5.41) is 5.02. The minimum absolute atomic E-state index is 0.0156. The van der Waals surface area contributed by atoms with Crippen LogP contribution < -0.4 is 16.4 Å². The van der Waals surface area contributed by atoms with Gasteiger partial charge in [-0.05, 0) is 49.2 Å². The fourth-order valence-corrected chi connectivity index (χ4v) is 5.82. The van der Waals surface area contributed by atoms with Crippen molar-refractivity contribution in [2.75, 3.05) is 18.1 Å². The number of nitrogens with one attached hydrogen (secondary N) is 2. The molecule has 1 saturated carbocycles. The first-order valence-electron chi connectivity index (χ1n) is 10.1. The molecule has 1 aromatic heterocycles. The normalized spacial score (nSPS) is 14.9. The monoisotopic (exact) mass is 491 g/mol. The lowest BCUT2D eigenvalue weighted by molar-refractivity contribution is -0.139. The Labute approximate surface area is 193 Å². The molecule has 0 unspecified atom stereocenters. The summed E-state index contributed by atoms with van der Waals surface area (Å²) >= 11 is 0. The zero-order valence-electron chi connectivity index (χ0n) is 17.8. The maximum Gasteiger partial charge on any atom is 0.417 e. The Hall–Kier alpha value is -3.67. The van der Waals surface area contributed by atoms with Gasteiger partial charge in [-0.25, -0.2) is 23.2 Å². The van der Waals surface area contributed by atoms with Crippen molar-refractivity contribution in [1.29, 1.82) is 0 Å². The van der Waals surface area contributed by atoms with E-state index < -0.39 is 37.3 Å². The summed E-state index contributed by atoms with van der Waals surface area (Å²) in [6.45, 7) is 0. The predicted octanol–water partition coefficient (Wildman–Crippen LogP) is 3.96. The van der Waals surface area contributed by atoms with Crippen LogP contribution in [0.3, 0.4) is 0 Å². The van der Waals surface area contributed by atoms with Crippen LogP contribution in [0.4, 0.5) is 29.5 Å². The van der Waals surface area contributed by atoms with Crippen molar-refractivity contribution in [1.82, 2.24) is 15.3 Å². The van der Waals surface area contributed by atoms with Crippen LogP contribution in [-0.2, 0) is 20.8 Å². The number of benzene rings is 2. The van der Waals surface area contributed by atoms with Gasteiger partial charge in [0.1, 0.15) is 10.6 Å². The molecule has 0 saturated heterocycles. The molecule has 2 aromatic carbocycles. The summed E-state index contributed by atoms with van der Waals surface area (Å²) in [4.78, 5) is 19.2. The van der Waals surface area contributed by atoms with Crippen LogP contribution in [0.25, 0.3) is 11.4 Å². The topological polar surface area (TPSA) is 127 Å². The van der Waals surface area contributed by atoms with Crippen molar-refractivity contribution >= 4 is 27.4 Å². The second-order valence-corrected chi connectivity index (χ2v) is 10.0. The van der Waals surface area contributed by atoms with Gasteiger partial charge >= 0.3 is 12.2 Å². The number of alkyl halides is 3. The number of amides is 2. The summed E-state index contributed by atoms with van der Waals surface area (Å²) in [6, 6.07) is 11.4. The molecule has 0 atom stereocenters. The van der Waals surface area contributed by atoms with Gasteiger partial charge in [0, 0.05) is 24.4 Å². The fraction of sp³-hybridized carbons (Fsp3) is 0.227. The molecule has 4 rings (SSSR count). The number of carbonyl (C=O) groups excluding carboxylic acids is 1. The molecule has 1 aliphatic carbocycles. The Morgan fingerprint density at radius 3 is 2.29 bits per heavy atom. The summed E-state index contributed by atoms with van der Waals surface area (Å²) < 4.78 is 65.9. The molecule has 1 aliphatic rings. The SMILES string of the molecule is CNC(=O)Nc1ccc(-c2nc(N)cc(C3(S(=O)(=O)c4ccccc4C(F)(F)F)CC3)n2)cc1. The van der Waals surface area contributed by atoms with Crippen LogP contribution in [0.15, 0.2) is 59.5 Å². The van der Waals surface area contributed by atoms with E-state index in [0.717, 1.165) is 18.2 Å². The molecule has 1 heterocycles. The van der Waals surface area contributed by atoms with Crippen molar-refractivity contribution in [2.24, 2.45) is 0 Å². The van der Waals surface area contributed by atoms with E-state index >= 15 is 0 Å². The molecule has 2 amide bonds. The number of carbonyl (C=O) groups is 1. The van der Waals surface area contributed by atoms with Crippen LogP contribution >= 0.6 is 0 Å². The van der Waals surface area contributed by atoms with Gasteiger partial charge < -0.3 is 16.4 Å². The number of urea groups is 1. The Kier molecular flexibility index (Phi) is 5.72. The highest BCUT2D eigenvalue weighted by molar-refractivity contribution is 7.92. The molecule has 3 aromatic rings. The molecular weight excluding hydrogens is 471 g/mol. The van der Waals surface area contributed by atoms with Crippen LogP contribution in [0, 0.1) is 0 Å². The van der Waals surface area contributed by atoms with Crippen molar-refractivity contribution in [3.8, 4) is 11.4 Å². The lowest BCUT2D eigenvalue weighted by Crippen LogP contribution is -2.26. The van der Waals surface area contributed by atoms with Crippen LogP contribution in [0.1, 0.15) is 24.1 Å². The lowest BCUT2D eigenvalue weighted by Gasteiger charge is -2.20. The number of nitrogen functional groups attached to an aromatic ring is 1. The molecule has 12 heteroatoms. The third-order valence-corrected chi connectivity index (χ3v) is 8.12.